The SMILES string of the molecule is O=C1CC(O)Oc2cc(Br)ccc21. The van der Waals surface area contributed by atoms with E-state index in [-0.39, 0.29) is 12.2 Å². The molecule has 1 aromatic carbocycles. The zero-order valence-electron chi connectivity index (χ0n) is 6.66. The van der Waals surface area contributed by atoms with Crippen LogP contribution in [0.15, 0.2) is 22.7 Å². The summed E-state index contributed by atoms with van der Waals surface area (Å²) in [6.45, 7) is 0. The van der Waals surface area contributed by atoms with E-state index in [0.717, 1.165) is 4.47 Å². The Morgan fingerprint density at radius 3 is 3.08 bits per heavy atom. The van der Waals surface area contributed by atoms with Gasteiger partial charge in [0.25, 0.3) is 0 Å². The molecule has 1 aliphatic heterocycles. The first kappa shape index (κ1) is 8.72. The average molecular weight is 243 g/mol. The molecule has 0 radical (unpaired) electrons. The van der Waals surface area contributed by atoms with Gasteiger partial charge in [-0.1, -0.05) is 15.9 Å². The highest BCUT2D eigenvalue weighted by atomic mass is 79.9. The molecule has 0 saturated heterocycles. The average Bonchev–Trinajstić information content (AvgIpc) is 2.02. The number of ketones is 1. The second kappa shape index (κ2) is 3.12. The maximum Gasteiger partial charge on any atom is 0.204 e. The smallest absolute Gasteiger partial charge is 0.204 e. The van der Waals surface area contributed by atoms with Crippen LogP contribution in [0.2, 0.25) is 0 Å². The molecule has 0 fully saturated rings. The monoisotopic (exact) mass is 242 g/mol. The molecule has 0 spiro atoms. The minimum atomic E-state index is -1.01. The molecular formula is C9H7BrO3. The van der Waals surface area contributed by atoms with Crippen molar-refractivity contribution in [1.82, 2.24) is 0 Å². The summed E-state index contributed by atoms with van der Waals surface area (Å²) in [6.07, 6.45) is -0.969. The van der Waals surface area contributed by atoms with Gasteiger partial charge in [0.05, 0.1) is 12.0 Å². The highest BCUT2D eigenvalue weighted by Gasteiger charge is 2.24. The fraction of sp³-hybridized carbons (Fsp3) is 0.222. The number of Topliss-reactive ketones (excluding diaryl/α,β-unsaturated/α-hetero) is 1. The standard InChI is InChI=1S/C9H7BrO3/c10-5-1-2-6-7(11)4-9(12)13-8(6)3-5/h1-3,9,12H,4H2. The minimum absolute atomic E-state index is 0.0363. The van der Waals surface area contributed by atoms with Gasteiger partial charge < -0.3 is 9.84 Å². The van der Waals surface area contributed by atoms with Gasteiger partial charge in [-0.25, -0.2) is 0 Å². The largest absolute Gasteiger partial charge is 0.464 e. The van der Waals surface area contributed by atoms with E-state index in [2.05, 4.69) is 15.9 Å². The molecule has 1 N–H and O–H groups in total. The summed E-state index contributed by atoms with van der Waals surface area (Å²) in [4.78, 5) is 11.4. The molecule has 0 aliphatic carbocycles. The zero-order chi connectivity index (χ0) is 9.42. The molecule has 0 aromatic heterocycles. The number of carbonyl (C=O) groups excluding carboxylic acids is 1. The molecule has 4 heteroatoms. The Bertz CT molecular complexity index is 362. The molecule has 1 unspecified atom stereocenters. The summed E-state index contributed by atoms with van der Waals surface area (Å²) in [5.41, 5.74) is 0.536. The van der Waals surface area contributed by atoms with E-state index >= 15 is 0 Å². The second-order valence-corrected chi connectivity index (χ2v) is 3.76. The van der Waals surface area contributed by atoms with Gasteiger partial charge in [-0.15, -0.1) is 0 Å². The second-order valence-electron chi connectivity index (χ2n) is 2.84. The van der Waals surface area contributed by atoms with Crippen LogP contribution in [0.25, 0.3) is 0 Å². The van der Waals surface area contributed by atoms with Gasteiger partial charge in [0.2, 0.25) is 6.29 Å². The summed E-state index contributed by atoms with van der Waals surface area (Å²) in [5, 5.41) is 9.16. The molecule has 1 heterocycles. The van der Waals surface area contributed by atoms with Gasteiger partial charge in [-0.3, -0.25) is 4.79 Å². The van der Waals surface area contributed by atoms with Crippen LogP contribution in [0.4, 0.5) is 0 Å². The Kier molecular flexibility index (Phi) is 2.09. The van der Waals surface area contributed by atoms with E-state index < -0.39 is 6.29 Å². The normalized spacial score (nSPS) is 20.8. The van der Waals surface area contributed by atoms with Crippen LogP contribution in [0.5, 0.6) is 5.75 Å². The van der Waals surface area contributed by atoms with E-state index in [1.807, 2.05) is 0 Å². The lowest BCUT2D eigenvalue weighted by atomic mass is 10.0. The summed E-state index contributed by atoms with van der Waals surface area (Å²) < 4.78 is 5.91. The van der Waals surface area contributed by atoms with Gasteiger partial charge in [0.15, 0.2) is 5.78 Å². The molecule has 3 nitrogen and oxygen atoms in total. The molecule has 0 saturated carbocycles. The van der Waals surface area contributed by atoms with Gasteiger partial charge in [0, 0.05) is 4.47 Å². The maximum atomic E-state index is 11.4. The third kappa shape index (κ3) is 1.59. The first-order valence-corrected chi connectivity index (χ1v) is 4.63. The van der Waals surface area contributed by atoms with Crippen molar-refractivity contribution < 1.29 is 14.6 Å². The number of ether oxygens (including phenoxy) is 1. The Hall–Kier alpha value is -0.870. The number of aliphatic hydroxyl groups excluding tert-OH is 1. The number of hydrogen-bond acceptors (Lipinski definition) is 3. The quantitative estimate of drug-likeness (QED) is 0.754. The minimum Gasteiger partial charge on any atom is -0.464 e. The molecule has 2 rings (SSSR count). The van der Waals surface area contributed by atoms with Gasteiger partial charge in [-0.05, 0) is 18.2 Å². The number of hydrogen-bond donors (Lipinski definition) is 1. The highest BCUT2D eigenvalue weighted by Crippen LogP contribution is 2.29. The summed E-state index contributed by atoms with van der Waals surface area (Å²) >= 11 is 3.26. The Morgan fingerprint density at radius 1 is 1.54 bits per heavy atom. The Morgan fingerprint density at radius 2 is 2.31 bits per heavy atom. The van der Waals surface area contributed by atoms with Crippen molar-refractivity contribution in [3.8, 4) is 5.75 Å². The van der Waals surface area contributed by atoms with Gasteiger partial charge in [0.1, 0.15) is 5.75 Å². The van der Waals surface area contributed by atoms with Crippen LogP contribution in [0.1, 0.15) is 16.8 Å². The van der Waals surface area contributed by atoms with Crippen LogP contribution in [-0.2, 0) is 0 Å². The molecule has 68 valence electrons. The molecule has 1 aromatic rings. The van der Waals surface area contributed by atoms with E-state index in [4.69, 9.17) is 9.84 Å². The summed E-state index contributed by atoms with van der Waals surface area (Å²) in [6, 6.07) is 5.14. The first-order valence-electron chi connectivity index (χ1n) is 3.84. The van der Waals surface area contributed by atoms with Crippen molar-refractivity contribution in [2.45, 2.75) is 12.7 Å². The van der Waals surface area contributed by atoms with Gasteiger partial charge in [-0.2, -0.15) is 0 Å². The lowest BCUT2D eigenvalue weighted by Gasteiger charge is -2.20. The summed E-state index contributed by atoms with van der Waals surface area (Å²) in [7, 11) is 0. The van der Waals surface area contributed by atoms with Crippen LogP contribution in [0, 0.1) is 0 Å². The molecule has 0 bridgehead atoms. The third-order valence-corrected chi connectivity index (χ3v) is 2.36. The van der Waals surface area contributed by atoms with E-state index in [1.165, 1.54) is 0 Å². The van der Waals surface area contributed by atoms with E-state index in [1.54, 1.807) is 18.2 Å². The van der Waals surface area contributed by atoms with E-state index in [9.17, 15) is 4.79 Å². The number of halogens is 1. The van der Waals surface area contributed by atoms with Crippen molar-refractivity contribution in [1.29, 1.82) is 0 Å². The first-order chi connectivity index (χ1) is 6.16. The topological polar surface area (TPSA) is 46.5 Å². The van der Waals surface area contributed by atoms with E-state index in [0.29, 0.717) is 11.3 Å². The lowest BCUT2D eigenvalue weighted by Crippen LogP contribution is -2.26. The zero-order valence-corrected chi connectivity index (χ0v) is 8.24. The number of rotatable bonds is 0. The van der Waals surface area contributed by atoms with Crippen LogP contribution in [0.3, 0.4) is 0 Å². The van der Waals surface area contributed by atoms with Crippen molar-refractivity contribution in [3.05, 3.63) is 28.2 Å². The van der Waals surface area contributed by atoms with Crippen LogP contribution in [-0.4, -0.2) is 17.2 Å². The fourth-order valence-corrected chi connectivity index (χ4v) is 1.62. The molecule has 0 amide bonds. The van der Waals surface area contributed by atoms with Gasteiger partial charge >= 0.3 is 0 Å². The molecule has 13 heavy (non-hydrogen) atoms. The lowest BCUT2D eigenvalue weighted by molar-refractivity contribution is -0.0246. The van der Waals surface area contributed by atoms with Crippen LogP contribution < -0.4 is 4.74 Å². The third-order valence-electron chi connectivity index (χ3n) is 1.87. The highest BCUT2D eigenvalue weighted by molar-refractivity contribution is 9.10. The molecule has 1 aliphatic rings. The maximum absolute atomic E-state index is 11.4. The Labute approximate surface area is 83.5 Å². The molecule has 1 atom stereocenters. The van der Waals surface area contributed by atoms with Crippen LogP contribution >= 0.6 is 15.9 Å². The fourth-order valence-electron chi connectivity index (χ4n) is 1.28. The molecular weight excluding hydrogens is 236 g/mol. The predicted molar refractivity (Wildman–Crippen MR) is 49.7 cm³/mol. The van der Waals surface area contributed by atoms with Crippen molar-refractivity contribution in [2.24, 2.45) is 0 Å². The van der Waals surface area contributed by atoms with Crippen molar-refractivity contribution in [2.75, 3.05) is 0 Å². The Balaban J connectivity index is 2.49. The number of fused-ring (bicyclic) bond motifs is 1. The van der Waals surface area contributed by atoms with Crippen molar-refractivity contribution >= 4 is 21.7 Å². The number of aliphatic hydroxyl groups is 1. The van der Waals surface area contributed by atoms with Crippen molar-refractivity contribution in [3.63, 3.8) is 0 Å². The number of carbonyl (C=O) groups is 1. The number of benzene rings is 1. The predicted octanol–water partition coefficient (Wildman–Crippen LogP) is 1.73. The summed E-state index contributed by atoms with van der Waals surface area (Å²) in [5.74, 6) is 0.361.